The van der Waals surface area contributed by atoms with E-state index in [0.29, 0.717) is 39.9 Å². The Hall–Kier alpha value is -5.16. The maximum atomic E-state index is 12.7. The van der Waals surface area contributed by atoms with Gasteiger partial charge in [0, 0.05) is 48.3 Å². The number of aryl methyl sites for hydroxylation is 1. The molecule has 45 heavy (non-hydrogen) atoms. The van der Waals surface area contributed by atoms with Crippen molar-refractivity contribution in [3.8, 4) is 11.3 Å². The van der Waals surface area contributed by atoms with Gasteiger partial charge >= 0.3 is 0 Å². The number of tetrazole rings is 1. The second kappa shape index (κ2) is 12.1. The highest BCUT2D eigenvalue weighted by Crippen LogP contribution is 2.39. The Morgan fingerprint density at radius 1 is 0.889 bits per heavy atom. The van der Waals surface area contributed by atoms with Crippen LogP contribution in [0, 0.1) is 0 Å². The summed E-state index contributed by atoms with van der Waals surface area (Å²) in [4.78, 5) is 9.12. The van der Waals surface area contributed by atoms with Crippen molar-refractivity contribution in [1.29, 1.82) is 0 Å². The zero-order valence-electron chi connectivity index (χ0n) is 24.5. The minimum absolute atomic E-state index is 0.368. The smallest absolute Gasteiger partial charge is 0.274 e. The molecule has 1 unspecified atom stereocenters. The second-order valence-electron chi connectivity index (χ2n) is 10.9. The van der Waals surface area contributed by atoms with Gasteiger partial charge in [-0.3, -0.25) is 0 Å². The summed E-state index contributed by atoms with van der Waals surface area (Å²) in [6.45, 7) is 2.32. The Balaban J connectivity index is 1.24. The standard InChI is InChI=1S/C34H30ClN9O/c1-43-22-37-21-31(43)34(45,25-12-10-23(11-13-25)20-36-16-17-38-28-8-3-2-4-9-28)26-14-15-30-29(19-26)32(24-6-5-7-27(35)18-24)39-33-40-41-42-44(30)33/h2-15,18-19,21-22,36,38,45H,16-17,20H2,1H3. The van der Waals surface area contributed by atoms with Gasteiger partial charge in [0.05, 0.1) is 29.4 Å². The third-order valence-electron chi connectivity index (χ3n) is 7.95. The fraction of sp³-hybridized carbons (Fsp3) is 0.147. The minimum Gasteiger partial charge on any atom is -0.384 e. The van der Waals surface area contributed by atoms with Gasteiger partial charge < -0.3 is 20.3 Å². The molecule has 0 aliphatic rings. The monoisotopic (exact) mass is 615 g/mol. The average Bonchev–Trinajstić information content (AvgIpc) is 3.74. The number of imidazole rings is 1. The van der Waals surface area contributed by atoms with Gasteiger partial charge in [-0.2, -0.15) is 4.52 Å². The number of nitrogens with zero attached hydrogens (tertiary/aromatic N) is 7. The first-order chi connectivity index (χ1) is 22.0. The lowest BCUT2D eigenvalue weighted by molar-refractivity contribution is 0.117. The van der Waals surface area contributed by atoms with Gasteiger partial charge in [0.15, 0.2) is 5.60 Å². The van der Waals surface area contributed by atoms with Crippen molar-refractivity contribution < 1.29 is 5.11 Å². The van der Waals surface area contributed by atoms with Crippen LogP contribution in [0.3, 0.4) is 0 Å². The number of para-hydroxylation sites is 1. The first-order valence-corrected chi connectivity index (χ1v) is 14.9. The molecular formula is C34H30ClN9O. The van der Waals surface area contributed by atoms with Crippen molar-refractivity contribution in [1.82, 2.24) is 39.9 Å². The lowest BCUT2D eigenvalue weighted by Gasteiger charge is -2.30. The first kappa shape index (κ1) is 28.6. The Bertz CT molecular complexity index is 2090. The van der Waals surface area contributed by atoms with Crippen molar-refractivity contribution in [3.05, 3.63) is 137 Å². The van der Waals surface area contributed by atoms with E-state index in [2.05, 4.69) is 43.3 Å². The summed E-state index contributed by atoms with van der Waals surface area (Å²) in [7, 11) is 1.87. The molecule has 0 radical (unpaired) electrons. The average molecular weight is 616 g/mol. The molecule has 224 valence electrons. The largest absolute Gasteiger partial charge is 0.384 e. The number of hydrogen-bond donors (Lipinski definition) is 3. The summed E-state index contributed by atoms with van der Waals surface area (Å²) in [5.74, 6) is 0.368. The van der Waals surface area contributed by atoms with E-state index in [-0.39, 0.29) is 0 Å². The van der Waals surface area contributed by atoms with Crippen LogP contribution in [-0.2, 0) is 19.2 Å². The van der Waals surface area contributed by atoms with E-state index in [1.165, 1.54) is 0 Å². The van der Waals surface area contributed by atoms with E-state index in [9.17, 15) is 5.11 Å². The molecule has 7 aromatic rings. The highest BCUT2D eigenvalue weighted by Gasteiger charge is 2.37. The van der Waals surface area contributed by atoms with Gasteiger partial charge in [0.25, 0.3) is 5.78 Å². The SMILES string of the molecule is Cn1cncc1C(O)(c1ccc(CNCCNc2ccccc2)cc1)c1ccc2c(c1)c(-c1cccc(Cl)c1)nc1nnnn12. The summed E-state index contributed by atoms with van der Waals surface area (Å²) in [5.41, 5.74) is 4.89. The summed E-state index contributed by atoms with van der Waals surface area (Å²) in [6, 6.07) is 31.4. The molecule has 0 bridgehead atoms. The number of nitrogens with one attached hydrogen (secondary N) is 2. The van der Waals surface area contributed by atoms with E-state index < -0.39 is 5.60 Å². The van der Waals surface area contributed by atoms with Crippen LogP contribution in [0.25, 0.3) is 27.9 Å². The molecule has 0 spiro atoms. The summed E-state index contributed by atoms with van der Waals surface area (Å²) >= 11 is 6.37. The number of rotatable bonds is 10. The molecule has 3 heterocycles. The highest BCUT2D eigenvalue weighted by molar-refractivity contribution is 6.30. The van der Waals surface area contributed by atoms with E-state index in [1.807, 2.05) is 96.5 Å². The molecule has 3 N–H and O–H groups in total. The van der Waals surface area contributed by atoms with Crippen LogP contribution in [0.1, 0.15) is 22.4 Å². The summed E-state index contributed by atoms with van der Waals surface area (Å²) in [6.07, 6.45) is 3.38. The van der Waals surface area contributed by atoms with Gasteiger partial charge in [-0.05, 0) is 63.5 Å². The van der Waals surface area contributed by atoms with E-state index in [4.69, 9.17) is 16.6 Å². The Morgan fingerprint density at radius 3 is 2.49 bits per heavy atom. The van der Waals surface area contributed by atoms with Crippen LogP contribution in [0.5, 0.6) is 0 Å². The van der Waals surface area contributed by atoms with Gasteiger partial charge in [-0.15, -0.1) is 0 Å². The number of benzene rings is 4. The zero-order valence-corrected chi connectivity index (χ0v) is 25.2. The van der Waals surface area contributed by atoms with Crippen LogP contribution in [0.4, 0.5) is 5.69 Å². The van der Waals surface area contributed by atoms with Crippen molar-refractivity contribution in [2.24, 2.45) is 7.05 Å². The molecule has 0 amide bonds. The molecule has 4 aromatic carbocycles. The van der Waals surface area contributed by atoms with Crippen LogP contribution < -0.4 is 10.6 Å². The minimum atomic E-state index is -1.52. The van der Waals surface area contributed by atoms with E-state index >= 15 is 0 Å². The second-order valence-corrected chi connectivity index (χ2v) is 11.3. The lowest BCUT2D eigenvalue weighted by atomic mass is 9.82. The molecule has 0 aliphatic heterocycles. The van der Waals surface area contributed by atoms with E-state index in [0.717, 1.165) is 40.8 Å². The maximum Gasteiger partial charge on any atom is 0.274 e. The number of aromatic nitrogens is 7. The quantitative estimate of drug-likeness (QED) is 0.180. The van der Waals surface area contributed by atoms with Gasteiger partial charge in [-0.25, -0.2) is 9.97 Å². The number of anilines is 1. The van der Waals surface area contributed by atoms with Gasteiger partial charge in [-0.1, -0.05) is 77.4 Å². The fourth-order valence-corrected chi connectivity index (χ4v) is 5.87. The first-order valence-electron chi connectivity index (χ1n) is 14.6. The third kappa shape index (κ3) is 5.51. The Kier molecular flexibility index (Phi) is 7.68. The third-order valence-corrected chi connectivity index (χ3v) is 8.19. The molecule has 10 nitrogen and oxygen atoms in total. The van der Waals surface area contributed by atoms with Gasteiger partial charge in [0.1, 0.15) is 0 Å². The summed E-state index contributed by atoms with van der Waals surface area (Å²) in [5, 5.41) is 33.0. The molecular weight excluding hydrogens is 586 g/mol. The molecule has 0 saturated heterocycles. The molecule has 0 aliphatic carbocycles. The Morgan fingerprint density at radius 2 is 1.71 bits per heavy atom. The van der Waals surface area contributed by atoms with Crippen LogP contribution in [-0.4, -0.2) is 52.8 Å². The molecule has 1 atom stereocenters. The van der Waals surface area contributed by atoms with Gasteiger partial charge in [0.2, 0.25) is 0 Å². The predicted octanol–water partition coefficient (Wildman–Crippen LogP) is 5.21. The lowest BCUT2D eigenvalue weighted by Crippen LogP contribution is -2.31. The van der Waals surface area contributed by atoms with Crippen LogP contribution >= 0.6 is 11.6 Å². The summed E-state index contributed by atoms with van der Waals surface area (Å²) < 4.78 is 3.42. The normalized spacial score (nSPS) is 12.9. The number of halogens is 1. The van der Waals surface area contributed by atoms with Crippen molar-refractivity contribution >= 4 is 34.0 Å². The van der Waals surface area contributed by atoms with Crippen molar-refractivity contribution in [2.45, 2.75) is 12.1 Å². The molecule has 7 rings (SSSR count). The predicted molar refractivity (Wildman–Crippen MR) is 175 cm³/mol. The number of aliphatic hydroxyl groups is 1. The van der Waals surface area contributed by atoms with E-state index in [1.54, 1.807) is 17.0 Å². The number of fused-ring (bicyclic) bond motifs is 3. The fourth-order valence-electron chi connectivity index (χ4n) is 5.68. The molecule has 11 heteroatoms. The number of hydrogen-bond acceptors (Lipinski definition) is 8. The van der Waals surface area contributed by atoms with Crippen LogP contribution in [0.15, 0.2) is 110 Å². The molecule has 0 saturated carbocycles. The van der Waals surface area contributed by atoms with Crippen molar-refractivity contribution in [2.75, 3.05) is 18.4 Å². The molecule has 0 fully saturated rings. The molecule has 3 aromatic heterocycles. The highest BCUT2D eigenvalue weighted by atomic mass is 35.5. The topological polar surface area (TPSA) is 118 Å². The zero-order chi connectivity index (χ0) is 30.8. The van der Waals surface area contributed by atoms with Crippen molar-refractivity contribution in [3.63, 3.8) is 0 Å². The Labute approximate surface area is 264 Å². The van der Waals surface area contributed by atoms with Crippen LogP contribution in [0.2, 0.25) is 5.02 Å². The maximum absolute atomic E-state index is 12.7.